The molecule has 0 bridgehead atoms. The first-order valence-corrected chi connectivity index (χ1v) is 12.9. The summed E-state index contributed by atoms with van der Waals surface area (Å²) in [7, 11) is 0.844. The number of benzene rings is 1. The third-order valence-electron chi connectivity index (χ3n) is 4.98. The van der Waals surface area contributed by atoms with Crippen LogP contribution in [0.25, 0.3) is 0 Å². The minimum absolute atomic E-state index is 0.153. The van der Waals surface area contributed by atoms with Gasteiger partial charge in [-0.15, -0.1) is 11.3 Å². The summed E-state index contributed by atoms with van der Waals surface area (Å²) in [6, 6.07) is 3.08. The molecule has 1 aliphatic rings. The van der Waals surface area contributed by atoms with E-state index in [0.29, 0.717) is 11.6 Å². The van der Waals surface area contributed by atoms with Crippen LogP contribution >= 0.6 is 22.9 Å². The highest BCUT2D eigenvalue weighted by atomic mass is 35.5. The Morgan fingerprint density at radius 2 is 1.91 bits per heavy atom. The topological polar surface area (TPSA) is 141 Å². The summed E-state index contributed by atoms with van der Waals surface area (Å²) in [5.74, 6) is -1.02. The van der Waals surface area contributed by atoms with Crippen molar-refractivity contribution >= 4 is 50.8 Å². The Kier molecular flexibility index (Phi) is 8.13. The smallest absolute Gasteiger partial charge is 0.328 e. The molecular weight excluding hydrogens is 504 g/mol. The number of carbonyl (C=O) groups excluding carboxylic acids is 3. The normalized spacial score (nSPS) is 14.6. The van der Waals surface area contributed by atoms with Crippen molar-refractivity contribution in [3.8, 4) is 0 Å². The van der Waals surface area contributed by atoms with Crippen molar-refractivity contribution < 1.29 is 22.8 Å². The molecule has 11 nitrogen and oxygen atoms in total. The summed E-state index contributed by atoms with van der Waals surface area (Å²) in [5.41, 5.74) is 0.869. The molecule has 3 rings (SSSR count). The first kappa shape index (κ1) is 25.9. The Morgan fingerprint density at radius 3 is 2.56 bits per heavy atom. The van der Waals surface area contributed by atoms with E-state index < -0.39 is 33.9 Å². The molecule has 2 aromatic rings. The van der Waals surface area contributed by atoms with Gasteiger partial charge in [0.2, 0.25) is 5.91 Å². The molecule has 1 aromatic carbocycles. The number of carbonyl (C=O) groups is 3. The molecule has 4 amide bonds. The second-order valence-electron chi connectivity index (χ2n) is 7.90. The van der Waals surface area contributed by atoms with E-state index in [1.165, 1.54) is 54.6 Å². The Balaban J connectivity index is 1.65. The summed E-state index contributed by atoms with van der Waals surface area (Å²) in [6.07, 6.45) is 0.736. The van der Waals surface area contributed by atoms with E-state index in [4.69, 9.17) is 11.6 Å². The van der Waals surface area contributed by atoms with E-state index >= 15 is 0 Å². The van der Waals surface area contributed by atoms with Crippen molar-refractivity contribution in [3.63, 3.8) is 0 Å². The fraction of sp³-hybridized carbons (Fsp3) is 0.400. The molecule has 2 heterocycles. The molecule has 0 saturated carbocycles. The van der Waals surface area contributed by atoms with Gasteiger partial charge in [0.15, 0.2) is 5.01 Å². The van der Waals surface area contributed by atoms with Crippen molar-refractivity contribution in [1.29, 1.82) is 0 Å². The van der Waals surface area contributed by atoms with Gasteiger partial charge in [0, 0.05) is 50.1 Å². The highest BCUT2D eigenvalue weighted by Crippen LogP contribution is 2.24. The van der Waals surface area contributed by atoms with E-state index in [9.17, 15) is 22.8 Å². The van der Waals surface area contributed by atoms with Crippen LogP contribution in [0.1, 0.15) is 20.4 Å². The lowest BCUT2D eigenvalue weighted by Gasteiger charge is -2.21. The van der Waals surface area contributed by atoms with Crippen LogP contribution in [0.15, 0.2) is 29.2 Å². The third kappa shape index (κ3) is 6.44. The van der Waals surface area contributed by atoms with E-state index in [2.05, 4.69) is 20.5 Å². The highest BCUT2D eigenvalue weighted by molar-refractivity contribution is 7.90. The average molecular weight is 529 g/mol. The monoisotopic (exact) mass is 528 g/mol. The lowest BCUT2D eigenvalue weighted by molar-refractivity contribution is -0.130. The Morgan fingerprint density at radius 1 is 1.24 bits per heavy atom. The number of hydrogen-bond acceptors (Lipinski definition) is 8. The van der Waals surface area contributed by atoms with Gasteiger partial charge in [0.1, 0.15) is 6.04 Å². The van der Waals surface area contributed by atoms with Crippen LogP contribution in [-0.2, 0) is 27.8 Å². The Hall–Kier alpha value is -2.74. The first-order chi connectivity index (χ1) is 16.0. The molecule has 0 radical (unpaired) electrons. The summed E-state index contributed by atoms with van der Waals surface area (Å²) >= 11 is 7.02. The number of amides is 4. The van der Waals surface area contributed by atoms with Crippen LogP contribution < -0.4 is 15.4 Å². The Bertz CT molecular complexity index is 1180. The van der Waals surface area contributed by atoms with Crippen molar-refractivity contribution in [2.45, 2.75) is 23.9 Å². The van der Waals surface area contributed by atoms with Crippen molar-refractivity contribution in [3.05, 3.63) is 44.9 Å². The van der Waals surface area contributed by atoms with Gasteiger partial charge in [-0.2, -0.15) is 0 Å². The maximum absolute atomic E-state index is 12.8. The van der Waals surface area contributed by atoms with Gasteiger partial charge in [0.05, 0.1) is 10.6 Å². The zero-order valence-corrected chi connectivity index (χ0v) is 21.2. The van der Waals surface area contributed by atoms with E-state index in [1.807, 2.05) is 11.8 Å². The third-order valence-corrected chi connectivity index (χ3v) is 7.66. The number of urea groups is 1. The number of hydrogen-bond donors (Lipinski definition) is 3. The Labute approximate surface area is 206 Å². The molecule has 0 aliphatic carbocycles. The molecule has 0 spiro atoms. The summed E-state index contributed by atoms with van der Waals surface area (Å²) < 4.78 is 26.6. The summed E-state index contributed by atoms with van der Waals surface area (Å²) in [4.78, 5) is 46.2. The molecule has 184 valence electrons. The lowest BCUT2D eigenvalue weighted by Crippen LogP contribution is -2.53. The zero-order chi connectivity index (χ0) is 25.0. The molecule has 0 saturated heterocycles. The second kappa shape index (κ2) is 10.7. The zero-order valence-electron chi connectivity index (χ0n) is 18.8. The largest absolute Gasteiger partial charge is 0.347 e. The van der Waals surface area contributed by atoms with Gasteiger partial charge in [-0.25, -0.2) is 22.9 Å². The maximum Gasteiger partial charge on any atom is 0.328 e. The van der Waals surface area contributed by atoms with Gasteiger partial charge in [-0.05, 0) is 31.3 Å². The number of rotatable bonds is 7. The fourth-order valence-corrected chi connectivity index (χ4v) is 5.32. The average Bonchev–Trinajstić information content (AvgIpc) is 3.19. The summed E-state index contributed by atoms with van der Waals surface area (Å²) in [5, 5.41) is 5.49. The van der Waals surface area contributed by atoms with Crippen LogP contribution in [0.5, 0.6) is 0 Å². The second-order valence-corrected chi connectivity index (χ2v) is 11.1. The maximum atomic E-state index is 12.8. The number of likely N-dealkylation sites (N-methyl/N-ethyl adjacent to an activating group) is 2. The number of halogens is 1. The van der Waals surface area contributed by atoms with Gasteiger partial charge in [0.25, 0.3) is 15.9 Å². The molecular formula is C20H25ClN6O5S2. The van der Waals surface area contributed by atoms with E-state index in [0.717, 1.165) is 23.5 Å². The molecule has 1 aromatic heterocycles. The number of sulfonamides is 1. The predicted octanol–water partition coefficient (Wildman–Crippen LogP) is 0.659. The number of nitrogens with one attached hydrogen (secondary N) is 3. The van der Waals surface area contributed by atoms with Crippen molar-refractivity contribution in [2.24, 2.45) is 0 Å². The highest BCUT2D eigenvalue weighted by Gasteiger charge is 2.27. The minimum Gasteiger partial charge on any atom is -0.347 e. The van der Waals surface area contributed by atoms with Gasteiger partial charge in [-0.1, -0.05) is 11.6 Å². The molecule has 3 N–H and O–H groups in total. The van der Waals surface area contributed by atoms with Gasteiger partial charge < -0.3 is 20.4 Å². The predicted molar refractivity (Wildman–Crippen MR) is 127 cm³/mol. The molecule has 34 heavy (non-hydrogen) atoms. The van der Waals surface area contributed by atoms with Crippen LogP contribution in [0.2, 0.25) is 5.02 Å². The van der Waals surface area contributed by atoms with Crippen LogP contribution in [-0.4, -0.2) is 81.3 Å². The quantitative estimate of drug-likeness (QED) is 0.479. The van der Waals surface area contributed by atoms with Crippen LogP contribution in [0.3, 0.4) is 0 Å². The van der Waals surface area contributed by atoms with Crippen molar-refractivity contribution in [2.75, 3.05) is 34.2 Å². The van der Waals surface area contributed by atoms with Gasteiger partial charge >= 0.3 is 6.03 Å². The standard InChI is InChI=1S/C20H25ClN6O5S2/c1-26(2)19(29)15(23-17(28)18-24-14-8-9-27(3)11-16(14)33-18)10-22-20(30)25-34(31,32)13-6-4-12(21)5-7-13/h4-7,15H,8-11H2,1-3H3,(H,23,28)(H2,22,25,30). The SMILES string of the molecule is CN1CCc2nc(C(=O)NC(CNC(=O)NS(=O)(=O)c3ccc(Cl)cc3)C(=O)N(C)C)sc2C1. The fourth-order valence-electron chi connectivity index (χ4n) is 3.18. The van der Waals surface area contributed by atoms with E-state index in [-0.39, 0.29) is 16.4 Å². The van der Waals surface area contributed by atoms with Gasteiger partial charge in [-0.3, -0.25) is 9.59 Å². The first-order valence-electron chi connectivity index (χ1n) is 10.2. The van der Waals surface area contributed by atoms with Crippen LogP contribution in [0.4, 0.5) is 4.79 Å². The van der Waals surface area contributed by atoms with Crippen molar-refractivity contribution in [1.82, 2.24) is 30.1 Å². The number of nitrogens with zero attached hydrogens (tertiary/aromatic N) is 3. The molecule has 1 aliphatic heterocycles. The number of aromatic nitrogens is 1. The molecule has 1 unspecified atom stereocenters. The molecule has 14 heteroatoms. The summed E-state index contributed by atoms with van der Waals surface area (Å²) in [6.45, 7) is 1.21. The molecule has 1 atom stereocenters. The number of thiazole rings is 1. The number of fused-ring (bicyclic) bond motifs is 1. The molecule has 0 fully saturated rings. The van der Waals surface area contributed by atoms with E-state index in [1.54, 1.807) is 0 Å². The van der Waals surface area contributed by atoms with Crippen LogP contribution in [0, 0.1) is 0 Å². The lowest BCUT2D eigenvalue weighted by atomic mass is 10.2. The minimum atomic E-state index is -4.15.